The summed E-state index contributed by atoms with van der Waals surface area (Å²) in [7, 11) is -4.07. The third-order valence-corrected chi connectivity index (χ3v) is 8.74. The Bertz CT molecular complexity index is 1460. The molecule has 0 unspecified atom stereocenters. The molecule has 2 atom stereocenters. The van der Waals surface area contributed by atoms with E-state index < -0.39 is 21.6 Å². The second kappa shape index (κ2) is 9.17. The number of rotatable bonds is 3. The van der Waals surface area contributed by atoms with E-state index in [0.717, 1.165) is 6.42 Å². The lowest BCUT2D eigenvalue weighted by atomic mass is 9.91. The molecule has 0 radical (unpaired) electrons. The molecule has 5 rings (SSSR count). The maximum absolute atomic E-state index is 14.6. The monoisotopic (exact) mass is 506 g/mol. The van der Waals surface area contributed by atoms with Crippen LogP contribution in [-0.2, 0) is 16.4 Å². The van der Waals surface area contributed by atoms with Crippen molar-refractivity contribution >= 4 is 27.3 Å². The molecule has 0 saturated carbocycles. The molecular weight excluding hydrogens is 479 g/mol. The summed E-state index contributed by atoms with van der Waals surface area (Å²) in [5.41, 5.74) is 0.617. The number of amides is 2. The summed E-state index contributed by atoms with van der Waals surface area (Å²) < 4.78 is 41.9. The molecule has 2 heterocycles. The van der Waals surface area contributed by atoms with E-state index in [1.165, 1.54) is 41.3 Å². The van der Waals surface area contributed by atoms with Crippen molar-refractivity contribution in [1.82, 2.24) is 4.90 Å². The minimum atomic E-state index is -4.07. The van der Waals surface area contributed by atoms with Gasteiger partial charge in [0.2, 0.25) is 9.84 Å². The number of hydrogen-bond donors (Lipinski definition) is 0. The molecule has 1 fully saturated rings. The quantitative estimate of drug-likeness (QED) is 0.505. The van der Waals surface area contributed by atoms with Crippen LogP contribution in [0.4, 0.5) is 10.1 Å². The molecule has 1 saturated heterocycles. The first-order chi connectivity index (χ1) is 17.2. The maximum atomic E-state index is 14.6. The zero-order valence-electron chi connectivity index (χ0n) is 20.1. The molecule has 8 heteroatoms. The van der Waals surface area contributed by atoms with Gasteiger partial charge in [0.1, 0.15) is 5.82 Å². The van der Waals surface area contributed by atoms with E-state index in [1.54, 1.807) is 35.2 Å². The zero-order chi connectivity index (χ0) is 25.6. The number of carbonyl (C=O) groups excluding carboxylic acids is 2. The molecule has 2 aliphatic rings. The largest absolute Gasteiger partial charge is 0.338 e. The molecule has 6 nitrogen and oxygen atoms in total. The van der Waals surface area contributed by atoms with E-state index in [2.05, 4.69) is 13.8 Å². The van der Waals surface area contributed by atoms with Gasteiger partial charge in [-0.05, 0) is 54.7 Å². The Morgan fingerprint density at radius 2 is 1.61 bits per heavy atom. The molecule has 36 heavy (non-hydrogen) atoms. The summed E-state index contributed by atoms with van der Waals surface area (Å²) in [5.74, 6) is -0.578. The molecule has 2 amide bonds. The van der Waals surface area contributed by atoms with Crippen LogP contribution in [-0.4, -0.2) is 38.2 Å². The van der Waals surface area contributed by atoms with Crippen molar-refractivity contribution in [1.29, 1.82) is 0 Å². The molecule has 0 spiro atoms. The zero-order valence-corrected chi connectivity index (χ0v) is 21.0. The van der Waals surface area contributed by atoms with Gasteiger partial charge in [-0.2, -0.15) is 0 Å². The average molecular weight is 507 g/mol. The number of halogens is 1. The number of sulfone groups is 1. The molecule has 3 aromatic rings. The van der Waals surface area contributed by atoms with Crippen LogP contribution < -0.4 is 4.90 Å². The van der Waals surface area contributed by atoms with Crippen molar-refractivity contribution in [3.63, 3.8) is 0 Å². The van der Waals surface area contributed by atoms with Gasteiger partial charge in [0.05, 0.1) is 27.6 Å². The van der Waals surface area contributed by atoms with Gasteiger partial charge in [-0.15, -0.1) is 0 Å². The number of nitrogens with zero attached hydrogens (tertiary/aromatic N) is 2. The van der Waals surface area contributed by atoms with E-state index >= 15 is 0 Å². The van der Waals surface area contributed by atoms with Crippen LogP contribution in [0.25, 0.3) is 0 Å². The highest BCUT2D eigenvalue weighted by molar-refractivity contribution is 7.91. The molecular formula is C28H27FN2O4S. The van der Waals surface area contributed by atoms with E-state index in [-0.39, 0.29) is 39.1 Å². The number of piperidine rings is 1. The van der Waals surface area contributed by atoms with E-state index in [0.29, 0.717) is 30.5 Å². The van der Waals surface area contributed by atoms with Crippen molar-refractivity contribution < 1.29 is 22.4 Å². The third-order valence-electron chi connectivity index (χ3n) is 6.88. The summed E-state index contributed by atoms with van der Waals surface area (Å²) >= 11 is 0. The molecule has 0 aliphatic carbocycles. The van der Waals surface area contributed by atoms with Gasteiger partial charge in [0.25, 0.3) is 11.8 Å². The number of benzene rings is 3. The van der Waals surface area contributed by atoms with Crippen molar-refractivity contribution in [3.05, 3.63) is 89.2 Å². The third kappa shape index (κ3) is 4.19. The summed E-state index contributed by atoms with van der Waals surface area (Å²) in [5, 5.41) is 0. The van der Waals surface area contributed by atoms with Crippen LogP contribution in [0.1, 0.15) is 46.5 Å². The Kier molecular flexibility index (Phi) is 6.16. The van der Waals surface area contributed by atoms with E-state index in [4.69, 9.17) is 0 Å². The summed E-state index contributed by atoms with van der Waals surface area (Å²) in [6.45, 7) is 5.25. The molecule has 2 aliphatic heterocycles. The number of likely N-dealkylation sites (tertiary alicyclic amines) is 1. The normalized spacial score (nSPS) is 20.9. The minimum Gasteiger partial charge on any atom is -0.338 e. The van der Waals surface area contributed by atoms with Crippen LogP contribution in [0, 0.1) is 17.7 Å². The fourth-order valence-corrected chi connectivity index (χ4v) is 6.94. The van der Waals surface area contributed by atoms with Crippen LogP contribution in [0.5, 0.6) is 0 Å². The second-order valence-electron chi connectivity index (χ2n) is 9.82. The fraction of sp³-hybridized carbons (Fsp3) is 0.286. The topological polar surface area (TPSA) is 74.8 Å². The lowest BCUT2D eigenvalue weighted by molar-refractivity contribution is 0.0623. The Balaban J connectivity index is 1.66. The number of carbonyl (C=O) groups is 2. The molecule has 0 N–H and O–H groups in total. The lowest BCUT2D eigenvalue weighted by Gasteiger charge is -2.35. The smallest absolute Gasteiger partial charge is 0.259 e. The number of anilines is 1. The van der Waals surface area contributed by atoms with Crippen LogP contribution in [0.3, 0.4) is 0 Å². The van der Waals surface area contributed by atoms with Gasteiger partial charge >= 0.3 is 0 Å². The Morgan fingerprint density at radius 1 is 0.944 bits per heavy atom. The summed E-state index contributed by atoms with van der Waals surface area (Å²) in [4.78, 5) is 30.0. The van der Waals surface area contributed by atoms with Crippen LogP contribution in [0.15, 0.2) is 76.5 Å². The Hall–Kier alpha value is -3.52. The van der Waals surface area contributed by atoms with Crippen molar-refractivity contribution in [3.8, 4) is 0 Å². The standard InChI is InChI=1S/C28H27FN2O4S/c1-18-13-19(2)16-30(15-18)27(32)20-11-12-26-24(14-20)31(17-21-7-3-5-9-23(21)29)28(33)22-8-4-6-10-25(22)36(26,34)35/h3-12,14,18-19H,13,15-17H2,1-2H3/t18-,19+. The molecule has 3 aromatic carbocycles. The highest BCUT2D eigenvalue weighted by Gasteiger charge is 2.37. The van der Waals surface area contributed by atoms with E-state index in [9.17, 15) is 22.4 Å². The highest BCUT2D eigenvalue weighted by atomic mass is 32.2. The summed E-state index contributed by atoms with van der Waals surface area (Å²) in [6, 6.07) is 16.4. The van der Waals surface area contributed by atoms with Crippen LogP contribution in [0.2, 0.25) is 0 Å². The second-order valence-corrected chi connectivity index (χ2v) is 11.7. The van der Waals surface area contributed by atoms with Crippen molar-refractivity contribution in [2.75, 3.05) is 18.0 Å². The minimum absolute atomic E-state index is 0.0107. The fourth-order valence-electron chi connectivity index (χ4n) is 5.30. The first-order valence-corrected chi connectivity index (χ1v) is 13.5. The van der Waals surface area contributed by atoms with E-state index in [1.807, 2.05) is 0 Å². The first-order valence-electron chi connectivity index (χ1n) is 12.0. The van der Waals surface area contributed by atoms with Gasteiger partial charge in [0.15, 0.2) is 0 Å². The lowest BCUT2D eigenvalue weighted by Crippen LogP contribution is -2.42. The number of hydrogen-bond acceptors (Lipinski definition) is 4. The maximum Gasteiger partial charge on any atom is 0.259 e. The summed E-state index contributed by atoms with van der Waals surface area (Å²) in [6.07, 6.45) is 1.04. The molecule has 186 valence electrons. The SMILES string of the molecule is C[C@@H]1C[C@H](C)CN(C(=O)c2ccc3c(c2)N(Cc2ccccc2F)C(=O)c2ccccc2S3(=O)=O)C1. The van der Waals surface area contributed by atoms with Crippen molar-refractivity contribution in [2.45, 2.75) is 36.6 Å². The predicted octanol–water partition coefficient (Wildman–Crippen LogP) is 4.94. The Labute approximate surface area is 210 Å². The van der Waals surface area contributed by atoms with Gasteiger partial charge < -0.3 is 9.80 Å². The van der Waals surface area contributed by atoms with Gasteiger partial charge in [0, 0.05) is 24.2 Å². The number of fused-ring (bicyclic) bond motifs is 2. The average Bonchev–Trinajstić information content (AvgIpc) is 2.92. The highest BCUT2D eigenvalue weighted by Crippen LogP contribution is 2.38. The van der Waals surface area contributed by atoms with Gasteiger partial charge in [-0.3, -0.25) is 9.59 Å². The first kappa shape index (κ1) is 24.2. The predicted molar refractivity (Wildman–Crippen MR) is 134 cm³/mol. The molecule has 0 aromatic heterocycles. The van der Waals surface area contributed by atoms with Gasteiger partial charge in [-0.25, -0.2) is 12.8 Å². The Morgan fingerprint density at radius 3 is 2.33 bits per heavy atom. The molecule has 0 bridgehead atoms. The van der Waals surface area contributed by atoms with Crippen LogP contribution >= 0.6 is 0 Å². The van der Waals surface area contributed by atoms with Crippen molar-refractivity contribution in [2.24, 2.45) is 11.8 Å². The van der Waals surface area contributed by atoms with Gasteiger partial charge in [-0.1, -0.05) is 44.2 Å².